The van der Waals surface area contributed by atoms with Crippen LogP contribution in [0.2, 0.25) is 0 Å². The third kappa shape index (κ3) is 4.83. The summed E-state index contributed by atoms with van der Waals surface area (Å²) in [6.07, 6.45) is 15.7. The van der Waals surface area contributed by atoms with Crippen molar-refractivity contribution < 1.29 is 14.7 Å². The predicted molar refractivity (Wildman–Crippen MR) is 115 cm³/mol. The van der Waals surface area contributed by atoms with E-state index in [1.54, 1.807) is 23.3 Å². The molecule has 162 valence electrons. The second-order valence-corrected chi connectivity index (χ2v) is 9.19. The zero-order valence-electron chi connectivity index (χ0n) is 17.1. The first-order chi connectivity index (χ1) is 14.6. The van der Waals surface area contributed by atoms with Gasteiger partial charge in [0.1, 0.15) is 5.00 Å². The molecule has 2 aromatic rings. The van der Waals surface area contributed by atoms with Gasteiger partial charge in [0, 0.05) is 24.5 Å². The molecule has 2 heterocycles. The Kier molecular flexibility index (Phi) is 6.66. The molecule has 30 heavy (non-hydrogen) atoms. The van der Waals surface area contributed by atoms with Gasteiger partial charge in [-0.25, -0.2) is 14.8 Å². The van der Waals surface area contributed by atoms with Crippen LogP contribution in [0.5, 0.6) is 0 Å². The number of thiazole rings is 1. The summed E-state index contributed by atoms with van der Waals surface area (Å²) in [5, 5.41) is 13.9. The lowest BCUT2D eigenvalue weighted by Crippen LogP contribution is -2.50. The van der Waals surface area contributed by atoms with Crippen LogP contribution in [-0.4, -0.2) is 43.7 Å². The van der Waals surface area contributed by atoms with Crippen LogP contribution in [0.4, 0.5) is 9.93 Å². The van der Waals surface area contributed by atoms with Crippen molar-refractivity contribution in [3.05, 3.63) is 24.4 Å². The summed E-state index contributed by atoms with van der Waals surface area (Å²) in [6, 6.07) is 0.215. The summed E-state index contributed by atoms with van der Waals surface area (Å²) in [5.41, 5.74) is 0.465. The van der Waals surface area contributed by atoms with Gasteiger partial charge in [-0.2, -0.15) is 0 Å². The van der Waals surface area contributed by atoms with Gasteiger partial charge in [0.2, 0.25) is 0 Å². The minimum absolute atomic E-state index is 0.0957. The van der Waals surface area contributed by atoms with Crippen molar-refractivity contribution in [1.29, 1.82) is 0 Å². The average molecular weight is 432 g/mol. The molecule has 0 atom stereocenters. The maximum atomic E-state index is 13.4. The molecule has 9 heteroatoms. The van der Waals surface area contributed by atoms with Gasteiger partial charge in [-0.3, -0.25) is 14.3 Å². The van der Waals surface area contributed by atoms with Gasteiger partial charge < -0.3 is 10.4 Å². The molecular weight excluding hydrogens is 402 g/mol. The van der Waals surface area contributed by atoms with Crippen LogP contribution < -0.4 is 10.2 Å². The highest BCUT2D eigenvalue weighted by Crippen LogP contribution is 2.35. The van der Waals surface area contributed by atoms with Gasteiger partial charge in [-0.05, 0) is 25.7 Å². The van der Waals surface area contributed by atoms with E-state index in [0.717, 1.165) is 51.4 Å². The normalized spacial score (nSPS) is 18.3. The molecule has 0 radical (unpaired) electrons. The maximum Gasteiger partial charge on any atom is 0.324 e. The lowest BCUT2D eigenvalue weighted by molar-refractivity contribution is -0.136. The first-order valence-electron chi connectivity index (χ1n) is 10.9. The monoisotopic (exact) mass is 431 g/mol. The molecule has 0 unspecified atom stereocenters. The first kappa shape index (κ1) is 20.8. The Bertz CT molecular complexity index is 854. The standard InChI is InChI=1S/C21H29N5O3S/c27-18(28)13-17-19(25-12-11-22-14-25)30-21(24-17)26(16-9-5-2-6-10-16)20(29)23-15-7-3-1-4-8-15/h11-12,14-16H,1-10,13H2,(H,23,29)(H,27,28). The van der Waals surface area contributed by atoms with Crippen molar-refractivity contribution in [2.45, 2.75) is 82.7 Å². The van der Waals surface area contributed by atoms with E-state index in [9.17, 15) is 14.7 Å². The lowest BCUT2D eigenvalue weighted by Gasteiger charge is -2.34. The third-order valence-electron chi connectivity index (χ3n) is 6.02. The van der Waals surface area contributed by atoms with E-state index in [1.807, 2.05) is 4.90 Å². The van der Waals surface area contributed by atoms with Crippen LogP contribution in [0.3, 0.4) is 0 Å². The number of nitrogens with zero attached hydrogens (tertiary/aromatic N) is 4. The van der Waals surface area contributed by atoms with Crippen LogP contribution in [0.25, 0.3) is 5.00 Å². The molecule has 0 spiro atoms. The summed E-state index contributed by atoms with van der Waals surface area (Å²) in [5.74, 6) is -0.941. The molecule has 8 nitrogen and oxygen atoms in total. The Hall–Kier alpha value is -2.42. The van der Waals surface area contributed by atoms with Gasteiger partial charge in [0.05, 0.1) is 18.4 Å². The van der Waals surface area contributed by atoms with E-state index in [0.29, 0.717) is 15.8 Å². The van der Waals surface area contributed by atoms with Gasteiger partial charge in [0.15, 0.2) is 5.13 Å². The number of carbonyl (C=O) groups is 2. The van der Waals surface area contributed by atoms with Gasteiger partial charge >= 0.3 is 12.0 Å². The number of hydrogen-bond donors (Lipinski definition) is 2. The molecule has 2 aromatic heterocycles. The van der Waals surface area contributed by atoms with Crippen molar-refractivity contribution in [3.8, 4) is 5.00 Å². The number of carboxylic acid groups (broad SMARTS) is 1. The Balaban J connectivity index is 1.65. The molecule has 2 aliphatic rings. The summed E-state index contributed by atoms with van der Waals surface area (Å²) in [4.78, 5) is 35.3. The summed E-state index contributed by atoms with van der Waals surface area (Å²) in [6.45, 7) is 0. The lowest BCUT2D eigenvalue weighted by atomic mass is 9.94. The minimum Gasteiger partial charge on any atom is -0.481 e. The third-order valence-corrected chi connectivity index (χ3v) is 7.13. The molecule has 2 fully saturated rings. The SMILES string of the molecule is O=C(O)Cc1nc(N(C(=O)NC2CCCCC2)C2CCCCC2)sc1-n1ccnc1. The fraction of sp³-hybridized carbons (Fsp3) is 0.619. The number of aliphatic carboxylic acids is 1. The molecule has 2 saturated carbocycles. The Morgan fingerprint density at radius 1 is 1.13 bits per heavy atom. The number of anilines is 1. The molecule has 0 saturated heterocycles. The van der Waals surface area contributed by atoms with E-state index >= 15 is 0 Å². The fourth-order valence-corrected chi connectivity index (χ4v) is 5.62. The molecule has 4 rings (SSSR count). The second-order valence-electron chi connectivity index (χ2n) is 8.24. The number of rotatable bonds is 6. The zero-order chi connectivity index (χ0) is 20.9. The van der Waals surface area contributed by atoms with Crippen LogP contribution in [0, 0.1) is 0 Å². The molecule has 0 aliphatic heterocycles. The number of amides is 2. The van der Waals surface area contributed by atoms with Crippen LogP contribution in [0.1, 0.15) is 69.9 Å². The van der Waals surface area contributed by atoms with Crippen LogP contribution >= 0.6 is 11.3 Å². The summed E-state index contributed by atoms with van der Waals surface area (Å²) in [7, 11) is 0. The molecular formula is C21H29N5O3S. The van der Waals surface area contributed by atoms with Crippen LogP contribution in [-0.2, 0) is 11.2 Å². The number of carbonyl (C=O) groups excluding carboxylic acids is 1. The van der Waals surface area contributed by atoms with E-state index in [2.05, 4.69) is 15.3 Å². The van der Waals surface area contributed by atoms with E-state index in [-0.39, 0.29) is 24.5 Å². The van der Waals surface area contributed by atoms with E-state index in [1.165, 1.54) is 24.2 Å². The van der Waals surface area contributed by atoms with Gasteiger partial charge in [0.25, 0.3) is 0 Å². The molecule has 2 amide bonds. The fourth-order valence-electron chi connectivity index (χ4n) is 4.51. The van der Waals surface area contributed by atoms with Crippen molar-refractivity contribution in [2.75, 3.05) is 4.90 Å². The number of nitrogens with one attached hydrogen (secondary N) is 1. The second kappa shape index (κ2) is 9.59. The first-order valence-corrected chi connectivity index (χ1v) is 11.7. The summed E-state index contributed by atoms with van der Waals surface area (Å²) >= 11 is 1.36. The number of hydrogen-bond acceptors (Lipinski definition) is 5. The van der Waals surface area contributed by atoms with E-state index in [4.69, 9.17) is 0 Å². The number of carboxylic acids is 1. The smallest absolute Gasteiger partial charge is 0.324 e. The highest BCUT2D eigenvalue weighted by atomic mass is 32.1. The van der Waals surface area contributed by atoms with Crippen molar-refractivity contribution in [1.82, 2.24) is 19.9 Å². The highest BCUT2D eigenvalue weighted by Gasteiger charge is 2.32. The number of urea groups is 1. The van der Waals surface area contributed by atoms with Crippen molar-refractivity contribution in [2.24, 2.45) is 0 Å². The van der Waals surface area contributed by atoms with Gasteiger partial charge in [-0.15, -0.1) is 0 Å². The quantitative estimate of drug-likeness (QED) is 0.716. The Morgan fingerprint density at radius 3 is 2.47 bits per heavy atom. The molecule has 0 aromatic carbocycles. The van der Waals surface area contributed by atoms with E-state index < -0.39 is 5.97 Å². The highest BCUT2D eigenvalue weighted by molar-refractivity contribution is 7.18. The number of aromatic nitrogens is 3. The molecule has 0 bridgehead atoms. The Labute approximate surface area is 180 Å². The summed E-state index contributed by atoms with van der Waals surface area (Å²) < 4.78 is 1.78. The Morgan fingerprint density at radius 2 is 1.83 bits per heavy atom. The largest absolute Gasteiger partial charge is 0.481 e. The van der Waals surface area contributed by atoms with Gasteiger partial charge in [-0.1, -0.05) is 49.9 Å². The maximum absolute atomic E-state index is 13.4. The predicted octanol–water partition coefficient (Wildman–Crippen LogP) is 4.14. The van der Waals surface area contributed by atoms with Crippen molar-refractivity contribution >= 4 is 28.5 Å². The molecule has 2 N–H and O–H groups in total. The minimum atomic E-state index is -0.941. The average Bonchev–Trinajstić information content (AvgIpc) is 3.39. The topological polar surface area (TPSA) is 100 Å². The van der Waals surface area contributed by atoms with Crippen LogP contribution in [0.15, 0.2) is 18.7 Å². The zero-order valence-corrected chi connectivity index (χ0v) is 17.9. The number of imidazole rings is 1. The van der Waals surface area contributed by atoms with Crippen molar-refractivity contribution in [3.63, 3.8) is 0 Å². The molecule has 2 aliphatic carbocycles.